The summed E-state index contributed by atoms with van der Waals surface area (Å²) in [7, 11) is 1.64. The predicted octanol–water partition coefficient (Wildman–Crippen LogP) is 11.4. The first-order valence-electron chi connectivity index (χ1n) is 28.3. The van der Waals surface area contributed by atoms with Crippen molar-refractivity contribution in [2.24, 2.45) is 0 Å². The first kappa shape index (κ1) is 71.6. The number of carbonyl (C=O) groups is 8. The minimum Gasteiger partial charge on any atom is -0.494 e. The minimum absolute atomic E-state index is 0.00180. The standard InChI is InChI=1S/C35H40O10.C33H28O14/c1-4-19-43-44-23-8-7-21-39-30-13-15-31(16-14-30)41-26-42-33-18-17-32(24-27(33)2)45-35(37)29-11-9-28(10-12-29)25-34(36)40-22-6-5-20-38-3;1-4-28(34)40-16-18-42-32(38)45-24-10-6-22(7-11-24)30(36)44-26-14-15-27(21(3)20-26)47-31(37)23-8-12-25(13-9-23)46-33(39)43-19-17-41-29(35)5-2/h9,11-19,24-25H,1,5-8,10,20-23,26H2,2-3H3;4-15,20H,1-2,16-19H2,3H3. The van der Waals surface area contributed by atoms with Gasteiger partial charge in [-0.05, 0) is 178 Å². The molecule has 0 saturated heterocycles. The van der Waals surface area contributed by atoms with Gasteiger partial charge < -0.3 is 71.2 Å². The van der Waals surface area contributed by atoms with Gasteiger partial charge in [0.2, 0.25) is 6.79 Å². The van der Waals surface area contributed by atoms with Gasteiger partial charge in [-0.25, -0.2) is 38.4 Å². The summed E-state index contributed by atoms with van der Waals surface area (Å²) in [6.45, 7) is 14.6. The summed E-state index contributed by atoms with van der Waals surface area (Å²) < 4.78 is 72.6. The summed E-state index contributed by atoms with van der Waals surface area (Å²) in [6.07, 6.45) is 11.2. The quantitative estimate of drug-likeness (QED) is 0.00316. The van der Waals surface area contributed by atoms with Crippen LogP contribution >= 0.6 is 0 Å². The van der Waals surface area contributed by atoms with Crippen molar-refractivity contribution in [3.63, 3.8) is 0 Å². The van der Waals surface area contributed by atoms with E-state index in [-0.39, 0.29) is 67.3 Å². The first-order chi connectivity index (χ1) is 44.5. The highest BCUT2D eigenvalue weighted by Gasteiger charge is 2.18. The normalized spacial score (nSPS) is 11.4. The van der Waals surface area contributed by atoms with Crippen molar-refractivity contribution >= 4 is 48.1 Å². The molecule has 0 spiro atoms. The lowest BCUT2D eigenvalue weighted by Gasteiger charge is -2.13. The van der Waals surface area contributed by atoms with Gasteiger partial charge in [-0.3, -0.25) is 0 Å². The zero-order valence-electron chi connectivity index (χ0n) is 50.8. The van der Waals surface area contributed by atoms with Crippen LogP contribution in [-0.4, -0.2) is 115 Å². The summed E-state index contributed by atoms with van der Waals surface area (Å²) in [6, 6.07) is 27.7. The Labute approximate surface area is 530 Å². The fourth-order valence-corrected chi connectivity index (χ4v) is 7.26. The molecule has 1 aliphatic carbocycles. The van der Waals surface area contributed by atoms with Gasteiger partial charge >= 0.3 is 48.1 Å². The maximum absolute atomic E-state index is 12.7. The molecule has 0 aliphatic heterocycles. The largest absolute Gasteiger partial charge is 0.513 e. The van der Waals surface area contributed by atoms with Crippen molar-refractivity contribution < 1.29 is 114 Å². The first-order valence-corrected chi connectivity index (χ1v) is 28.3. The van der Waals surface area contributed by atoms with E-state index < -0.39 is 48.1 Å². The lowest BCUT2D eigenvalue weighted by atomic mass is 10.0. The van der Waals surface area contributed by atoms with Crippen LogP contribution in [0.2, 0.25) is 0 Å². The molecule has 0 heterocycles. The van der Waals surface area contributed by atoms with E-state index in [0.717, 1.165) is 54.7 Å². The van der Waals surface area contributed by atoms with E-state index in [1.807, 2.05) is 19.1 Å². The topological polar surface area (TPSA) is 284 Å². The second-order valence-corrected chi connectivity index (χ2v) is 18.7. The van der Waals surface area contributed by atoms with Crippen LogP contribution in [-0.2, 0) is 57.4 Å². The highest BCUT2D eigenvalue weighted by Crippen LogP contribution is 2.28. The molecule has 6 rings (SSSR count). The van der Waals surface area contributed by atoms with Crippen molar-refractivity contribution in [3.05, 3.63) is 211 Å². The number of unbranched alkanes of at least 4 members (excludes halogenated alkanes) is 2. The molecule has 24 heteroatoms. The minimum atomic E-state index is -1.03. The van der Waals surface area contributed by atoms with E-state index in [4.69, 9.17) is 66.6 Å². The van der Waals surface area contributed by atoms with Crippen molar-refractivity contribution in [2.75, 3.05) is 66.8 Å². The molecule has 1 aliphatic rings. The molecule has 484 valence electrons. The maximum Gasteiger partial charge on any atom is 0.513 e. The number of carbonyl (C=O) groups excluding carboxylic acids is 8. The summed E-state index contributed by atoms with van der Waals surface area (Å²) in [5.74, 6) is -0.656. The Morgan fingerprint density at radius 2 is 0.946 bits per heavy atom. The van der Waals surface area contributed by atoms with Gasteiger partial charge in [-0.15, -0.1) is 0 Å². The third kappa shape index (κ3) is 27.5. The molecule has 0 aromatic heterocycles. The van der Waals surface area contributed by atoms with Crippen LogP contribution in [0.3, 0.4) is 0 Å². The van der Waals surface area contributed by atoms with Gasteiger partial charge in [0.1, 0.15) is 72.4 Å². The predicted molar refractivity (Wildman–Crippen MR) is 327 cm³/mol. The average Bonchev–Trinajstić information content (AvgIpc) is 1.08. The fraction of sp³-hybridized carbons (Fsp3) is 0.250. The molecule has 0 atom stereocenters. The molecule has 92 heavy (non-hydrogen) atoms. The Hall–Kier alpha value is -11.2. The maximum atomic E-state index is 12.7. The number of hydrogen-bond acceptors (Lipinski definition) is 24. The van der Waals surface area contributed by atoms with Gasteiger partial charge in [-0.1, -0.05) is 37.6 Å². The number of aryl methyl sites for hydroxylation is 2. The van der Waals surface area contributed by atoms with Gasteiger partial charge in [0.05, 0.1) is 36.5 Å². The van der Waals surface area contributed by atoms with Crippen molar-refractivity contribution in [1.29, 1.82) is 0 Å². The van der Waals surface area contributed by atoms with Crippen LogP contribution in [0.15, 0.2) is 189 Å². The third-order valence-electron chi connectivity index (χ3n) is 11.8. The Balaban J connectivity index is 0.000000334. The van der Waals surface area contributed by atoms with E-state index in [1.165, 1.54) is 79.1 Å². The lowest BCUT2D eigenvalue weighted by Crippen LogP contribution is -2.16. The van der Waals surface area contributed by atoms with E-state index in [9.17, 15) is 38.4 Å². The van der Waals surface area contributed by atoms with Crippen molar-refractivity contribution in [2.45, 2.75) is 46.0 Å². The number of methoxy groups -OCH3 is 1. The van der Waals surface area contributed by atoms with Crippen LogP contribution in [0, 0.1) is 13.8 Å². The molecule has 5 aromatic rings. The summed E-state index contributed by atoms with van der Waals surface area (Å²) in [4.78, 5) is 105. The molecule has 0 unspecified atom stereocenters. The van der Waals surface area contributed by atoms with Crippen LogP contribution in [0.1, 0.15) is 63.9 Å². The van der Waals surface area contributed by atoms with Crippen molar-refractivity contribution in [3.8, 4) is 46.0 Å². The summed E-state index contributed by atoms with van der Waals surface area (Å²) in [5, 5.41) is 0. The van der Waals surface area contributed by atoms with E-state index in [0.29, 0.717) is 61.2 Å². The van der Waals surface area contributed by atoms with Crippen LogP contribution < -0.4 is 37.9 Å². The Morgan fingerprint density at radius 3 is 1.48 bits per heavy atom. The molecule has 0 saturated carbocycles. The van der Waals surface area contributed by atoms with E-state index >= 15 is 0 Å². The molecule has 0 fully saturated rings. The van der Waals surface area contributed by atoms with Gasteiger partial charge in [0, 0.05) is 31.9 Å². The fourth-order valence-electron chi connectivity index (χ4n) is 7.26. The number of benzene rings is 5. The van der Waals surface area contributed by atoms with Gasteiger partial charge in [0.25, 0.3) is 0 Å². The highest BCUT2D eigenvalue weighted by atomic mass is 17.2. The van der Waals surface area contributed by atoms with Gasteiger partial charge in [-0.2, -0.15) is 4.89 Å². The number of esters is 6. The summed E-state index contributed by atoms with van der Waals surface area (Å²) >= 11 is 0. The number of allylic oxidation sites excluding steroid dienone is 3. The van der Waals surface area contributed by atoms with E-state index in [1.54, 1.807) is 62.6 Å². The Bertz CT molecular complexity index is 3450. The molecular formula is C68H68O24. The third-order valence-corrected chi connectivity index (χ3v) is 11.8. The van der Waals surface area contributed by atoms with Crippen LogP contribution in [0.25, 0.3) is 0 Å². The molecule has 0 radical (unpaired) electrons. The monoisotopic (exact) mass is 1270 g/mol. The molecule has 24 nitrogen and oxygen atoms in total. The second kappa shape index (κ2) is 40.4. The number of hydrogen-bond donors (Lipinski definition) is 0. The second-order valence-electron chi connectivity index (χ2n) is 18.7. The smallest absolute Gasteiger partial charge is 0.494 e. The molecule has 0 amide bonds. The molecule has 0 bridgehead atoms. The number of rotatable bonds is 34. The Morgan fingerprint density at radius 1 is 0.467 bits per heavy atom. The Kier molecular flexibility index (Phi) is 31.4. The average molecular weight is 1270 g/mol. The lowest BCUT2D eigenvalue weighted by molar-refractivity contribution is -0.249. The molecule has 0 N–H and O–H groups in total. The zero-order chi connectivity index (χ0) is 66.3. The summed E-state index contributed by atoms with van der Waals surface area (Å²) in [5.41, 5.74) is 5.19. The zero-order valence-corrected chi connectivity index (χ0v) is 50.8. The van der Waals surface area contributed by atoms with Crippen LogP contribution in [0.5, 0.6) is 46.0 Å². The highest BCUT2D eigenvalue weighted by molar-refractivity contribution is 5.94. The SMILES string of the molecule is C=C=COOCCCCOc1ccc(OCOc2ccc(OC(=O)C3=CCC(=CC(=O)OCCCCOC)C=C3)cc2C)cc1.C=CC(=O)OCCOC(=O)Oc1ccc(C(=O)Oc2ccc(OC(=O)c3ccc(OC(=O)OCCOC(=O)C=C)cc3)c(C)c2)cc1. The van der Waals surface area contributed by atoms with E-state index in [2.05, 4.69) is 34.9 Å². The molecular weight excluding hydrogens is 1200 g/mol. The van der Waals surface area contributed by atoms with Crippen LogP contribution in [0.4, 0.5) is 9.59 Å². The van der Waals surface area contributed by atoms with Gasteiger partial charge in [0.15, 0.2) is 6.26 Å². The van der Waals surface area contributed by atoms with Crippen molar-refractivity contribution in [1.82, 2.24) is 0 Å². The number of ether oxygens (including phenoxy) is 14. The molecule has 5 aromatic carbocycles.